The molecule has 18 heavy (non-hydrogen) atoms. The molecule has 0 aromatic heterocycles. The molecule has 7 nitrogen and oxygen atoms in total. The van der Waals surface area contributed by atoms with E-state index in [9.17, 15) is 14.4 Å². The lowest BCUT2D eigenvalue weighted by atomic mass is 10.1. The van der Waals surface area contributed by atoms with Gasteiger partial charge in [-0.3, -0.25) is 14.5 Å². The average molecular weight is 256 g/mol. The summed E-state index contributed by atoms with van der Waals surface area (Å²) < 4.78 is 0. The minimum Gasteiger partial charge on any atom is -0.344 e. The molecule has 4 amide bonds. The molecule has 1 aliphatic heterocycles. The van der Waals surface area contributed by atoms with Crippen LogP contribution in [0.5, 0.6) is 0 Å². The Morgan fingerprint density at radius 1 is 1.44 bits per heavy atom. The second kappa shape index (κ2) is 5.34. The number of nitrogens with zero attached hydrogens (tertiary/aromatic N) is 2. The largest absolute Gasteiger partial charge is 0.344 e. The summed E-state index contributed by atoms with van der Waals surface area (Å²) in [5, 5.41) is 2.53. The van der Waals surface area contributed by atoms with E-state index in [-0.39, 0.29) is 18.4 Å². The molecule has 1 saturated heterocycles. The number of carbonyl (C=O) groups excluding carboxylic acids is 3. The SMILES string of the molecule is CN(CCCN)C(=O)CN1C(=O)NC(C)(C)C1=O. The van der Waals surface area contributed by atoms with Crippen LogP contribution in [0.25, 0.3) is 0 Å². The maximum absolute atomic E-state index is 11.9. The molecule has 0 aliphatic carbocycles. The van der Waals surface area contributed by atoms with Crippen molar-refractivity contribution in [1.82, 2.24) is 15.1 Å². The van der Waals surface area contributed by atoms with Crippen LogP contribution in [0.4, 0.5) is 4.79 Å². The van der Waals surface area contributed by atoms with Gasteiger partial charge in [0.1, 0.15) is 12.1 Å². The van der Waals surface area contributed by atoms with Crippen molar-refractivity contribution in [3.8, 4) is 0 Å². The summed E-state index contributed by atoms with van der Waals surface area (Å²) in [5.41, 5.74) is 4.42. The highest BCUT2D eigenvalue weighted by atomic mass is 16.2. The molecule has 0 saturated carbocycles. The zero-order valence-electron chi connectivity index (χ0n) is 11.0. The summed E-state index contributed by atoms with van der Waals surface area (Å²) in [5.74, 6) is -0.655. The molecule has 1 rings (SSSR count). The van der Waals surface area contributed by atoms with Gasteiger partial charge in [-0.1, -0.05) is 0 Å². The molecule has 1 heterocycles. The third-order valence-corrected chi connectivity index (χ3v) is 2.86. The van der Waals surface area contributed by atoms with Crippen molar-refractivity contribution in [3.05, 3.63) is 0 Å². The van der Waals surface area contributed by atoms with Crippen LogP contribution in [0.15, 0.2) is 0 Å². The standard InChI is InChI=1S/C11H20N4O3/c1-11(2)9(17)15(10(18)13-11)7-8(16)14(3)6-4-5-12/h4-7,12H2,1-3H3,(H,13,18). The number of nitrogens with one attached hydrogen (secondary N) is 1. The van der Waals surface area contributed by atoms with Gasteiger partial charge in [0, 0.05) is 13.6 Å². The van der Waals surface area contributed by atoms with E-state index >= 15 is 0 Å². The number of hydrogen-bond acceptors (Lipinski definition) is 4. The highest BCUT2D eigenvalue weighted by Gasteiger charge is 2.45. The minimum atomic E-state index is -0.937. The Morgan fingerprint density at radius 2 is 2.06 bits per heavy atom. The van der Waals surface area contributed by atoms with Crippen LogP contribution in [0, 0.1) is 0 Å². The number of urea groups is 1. The summed E-state index contributed by atoms with van der Waals surface area (Å²) in [6, 6.07) is -0.523. The van der Waals surface area contributed by atoms with E-state index in [1.165, 1.54) is 4.90 Å². The van der Waals surface area contributed by atoms with E-state index in [0.717, 1.165) is 4.90 Å². The predicted molar refractivity (Wildman–Crippen MR) is 65.6 cm³/mol. The smallest absolute Gasteiger partial charge is 0.325 e. The Balaban J connectivity index is 2.60. The van der Waals surface area contributed by atoms with Crippen LogP contribution in [0.1, 0.15) is 20.3 Å². The van der Waals surface area contributed by atoms with Crippen molar-refractivity contribution in [1.29, 1.82) is 0 Å². The zero-order chi connectivity index (χ0) is 13.9. The lowest BCUT2D eigenvalue weighted by Crippen LogP contribution is -2.43. The summed E-state index contributed by atoms with van der Waals surface area (Å²) in [7, 11) is 1.63. The number of hydrogen-bond donors (Lipinski definition) is 2. The second-order valence-corrected chi connectivity index (χ2v) is 4.90. The Kier molecular flexibility index (Phi) is 4.28. The molecule has 1 fully saturated rings. The fourth-order valence-corrected chi connectivity index (χ4v) is 1.67. The van der Waals surface area contributed by atoms with Gasteiger partial charge in [0.15, 0.2) is 0 Å². The van der Waals surface area contributed by atoms with Crippen molar-refractivity contribution < 1.29 is 14.4 Å². The third-order valence-electron chi connectivity index (χ3n) is 2.86. The topological polar surface area (TPSA) is 95.7 Å². The Bertz CT molecular complexity index is 367. The summed E-state index contributed by atoms with van der Waals surface area (Å²) in [6.45, 7) is 4.00. The molecule has 1 aliphatic rings. The predicted octanol–water partition coefficient (Wildman–Crippen LogP) is -0.876. The molecule has 102 valence electrons. The number of carbonyl (C=O) groups is 3. The molecular formula is C11H20N4O3. The normalized spacial score (nSPS) is 17.9. The minimum absolute atomic E-state index is 0.227. The van der Waals surface area contributed by atoms with Crippen molar-refractivity contribution in [2.45, 2.75) is 25.8 Å². The zero-order valence-corrected chi connectivity index (χ0v) is 11.0. The van der Waals surface area contributed by atoms with Crippen LogP contribution in [0.2, 0.25) is 0 Å². The Morgan fingerprint density at radius 3 is 2.50 bits per heavy atom. The highest BCUT2D eigenvalue weighted by molar-refractivity contribution is 6.08. The van der Waals surface area contributed by atoms with Gasteiger partial charge in [-0.25, -0.2) is 4.79 Å². The van der Waals surface area contributed by atoms with Crippen LogP contribution in [-0.2, 0) is 9.59 Å². The van der Waals surface area contributed by atoms with E-state index in [4.69, 9.17) is 5.73 Å². The van der Waals surface area contributed by atoms with E-state index in [2.05, 4.69) is 5.32 Å². The molecule has 0 atom stereocenters. The number of likely N-dealkylation sites (N-methyl/N-ethyl adjacent to an activating group) is 1. The van der Waals surface area contributed by atoms with Crippen LogP contribution in [-0.4, -0.2) is 59.9 Å². The van der Waals surface area contributed by atoms with Gasteiger partial charge in [0.25, 0.3) is 5.91 Å². The van der Waals surface area contributed by atoms with Gasteiger partial charge < -0.3 is 16.0 Å². The molecule has 0 bridgehead atoms. The first kappa shape index (κ1) is 14.4. The maximum atomic E-state index is 11.9. The van der Waals surface area contributed by atoms with E-state index in [0.29, 0.717) is 19.5 Å². The van der Waals surface area contributed by atoms with Crippen molar-refractivity contribution in [2.24, 2.45) is 5.73 Å². The van der Waals surface area contributed by atoms with Gasteiger partial charge in [0.05, 0.1) is 0 Å². The Labute approximate surface area is 106 Å². The van der Waals surface area contributed by atoms with Gasteiger partial charge in [-0.05, 0) is 26.8 Å². The van der Waals surface area contributed by atoms with Gasteiger partial charge in [0.2, 0.25) is 5.91 Å². The first-order valence-electron chi connectivity index (χ1n) is 5.87. The van der Waals surface area contributed by atoms with Crippen molar-refractivity contribution in [2.75, 3.05) is 26.7 Å². The number of imide groups is 1. The first-order valence-corrected chi connectivity index (χ1v) is 5.87. The van der Waals surface area contributed by atoms with Crippen LogP contribution >= 0.6 is 0 Å². The maximum Gasteiger partial charge on any atom is 0.325 e. The lowest BCUT2D eigenvalue weighted by molar-refractivity contribution is -0.137. The van der Waals surface area contributed by atoms with Gasteiger partial charge in [-0.2, -0.15) is 0 Å². The molecule has 0 unspecified atom stereocenters. The molecule has 7 heteroatoms. The third kappa shape index (κ3) is 2.98. The van der Waals surface area contributed by atoms with Gasteiger partial charge in [-0.15, -0.1) is 0 Å². The quantitative estimate of drug-likeness (QED) is 0.625. The molecule has 0 aromatic rings. The summed E-state index contributed by atoms with van der Waals surface area (Å²) in [4.78, 5) is 37.7. The number of rotatable bonds is 5. The molecule has 0 aromatic carbocycles. The van der Waals surface area contributed by atoms with E-state index in [1.54, 1.807) is 20.9 Å². The summed E-state index contributed by atoms with van der Waals surface area (Å²) >= 11 is 0. The summed E-state index contributed by atoms with van der Waals surface area (Å²) in [6.07, 6.45) is 0.688. The number of amides is 4. The van der Waals surface area contributed by atoms with Crippen LogP contribution in [0.3, 0.4) is 0 Å². The molecular weight excluding hydrogens is 236 g/mol. The fraction of sp³-hybridized carbons (Fsp3) is 0.727. The highest BCUT2D eigenvalue weighted by Crippen LogP contribution is 2.16. The lowest BCUT2D eigenvalue weighted by Gasteiger charge is -2.20. The van der Waals surface area contributed by atoms with Crippen molar-refractivity contribution >= 4 is 17.8 Å². The second-order valence-electron chi connectivity index (χ2n) is 4.90. The first-order chi connectivity index (χ1) is 8.29. The van der Waals surface area contributed by atoms with Gasteiger partial charge >= 0.3 is 6.03 Å². The molecule has 3 N–H and O–H groups in total. The fourth-order valence-electron chi connectivity index (χ4n) is 1.67. The number of nitrogens with two attached hydrogens (primary N) is 1. The van der Waals surface area contributed by atoms with Crippen LogP contribution < -0.4 is 11.1 Å². The Hall–Kier alpha value is -1.63. The molecule has 0 spiro atoms. The molecule has 0 radical (unpaired) electrons. The van der Waals surface area contributed by atoms with E-state index in [1.807, 2.05) is 0 Å². The van der Waals surface area contributed by atoms with E-state index < -0.39 is 11.6 Å². The monoisotopic (exact) mass is 256 g/mol. The average Bonchev–Trinajstić information content (AvgIpc) is 2.48. The van der Waals surface area contributed by atoms with Crippen molar-refractivity contribution in [3.63, 3.8) is 0 Å².